The Hall–Kier alpha value is -2.61. The SMILES string of the molecule is CC(C)[C@H](N)C(=O)NCC(=O)NCc1cccc(OCC(N)=O)c1. The van der Waals surface area contributed by atoms with Crippen LogP contribution < -0.4 is 26.8 Å². The van der Waals surface area contributed by atoms with E-state index in [-0.39, 0.29) is 37.4 Å². The van der Waals surface area contributed by atoms with E-state index in [4.69, 9.17) is 16.2 Å². The number of amides is 3. The van der Waals surface area contributed by atoms with Crippen molar-refractivity contribution in [3.63, 3.8) is 0 Å². The lowest BCUT2D eigenvalue weighted by Gasteiger charge is -2.15. The Morgan fingerprint density at radius 1 is 1.21 bits per heavy atom. The second-order valence-electron chi connectivity index (χ2n) is 5.67. The minimum absolute atomic E-state index is 0.00352. The van der Waals surface area contributed by atoms with Gasteiger partial charge >= 0.3 is 0 Å². The Labute approximate surface area is 140 Å². The lowest BCUT2D eigenvalue weighted by Crippen LogP contribution is -2.47. The molecule has 0 aromatic heterocycles. The van der Waals surface area contributed by atoms with E-state index >= 15 is 0 Å². The summed E-state index contributed by atoms with van der Waals surface area (Å²) >= 11 is 0. The van der Waals surface area contributed by atoms with Crippen LogP contribution in [0.2, 0.25) is 0 Å². The molecule has 0 fully saturated rings. The zero-order valence-corrected chi connectivity index (χ0v) is 13.9. The van der Waals surface area contributed by atoms with E-state index in [2.05, 4.69) is 10.6 Å². The van der Waals surface area contributed by atoms with Crippen molar-refractivity contribution in [2.24, 2.45) is 17.4 Å². The van der Waals surface area contributed by atoms with Crippen molar-refractivity contribution in [1.82, 2.24) is 10.6 Å². The van der Waals surface area contributed by atoms with Gasteiger partial charge in [0.2, 0.25) is 11.8 Å². The van der Waals surface area contributed by atoms with E-state index < -0.39 is 11.9 Å². The van der Waals surface area contributed by atoms with E-state index in [1.165, 1.54) is 0 Å². The molecule has 1 rings (SSSR count). The molecule has 0 aliphatic carbocycles. The van der Waals surface area contributed by atoms with Crippen LogP contribution in [0.3, 0.4) is 0 Å². The molecule has 8 heteroatoms. The summed E-state index contributed by atoms with van der Waals surface area (Å²) < 4.78 is 5.18. The number of carbonyl (C=O) groups is 3. The van der Waals surface area contributed by atoms with Crippen LogP contribution in [0.25, 0.3) is 0 Å². The number of hydrogen-bond donors (Lipinski definition) is 4. The van der Waals surface area contributed by atoms with Crippen LogP contribution in [-0.4, -0.2) is 36.9 Å². The minimum atomic E-state index is -0.642. The van der Waals surface area contributed by atoms with E-state index in [0.717, 1.165) is 5.56 Å². The summed E-state index contributed by atoms with van der Waals surface area (Å²) in [5.41, 5.74) is 11.5. The summed E-state index contributed by atoms with van der Waals surface area (Å²) in [6.07, 6.45) is 0. The highest BCUT2D eigenvalue weighted by Gasteiger charge is 2.17. The molecule has 0 aliphatic rings. The first kappa shape index (κ1) is 19.4. The summed E-state index contributed by atoms with van der Waals surface area (Å²) in [5.74, 6) is -0.776. The number of carbonyl (C=O) groups excluding carboxylic acids is 3. The topological polar surface area (TPSA) is 137 Å². The van der Waals surface area contributed by atoms with Gasteiger partial charge in [0.15, 0.2) is 6.61 Å². The molecular formula is C16H24N4O4. The smallest absolute Gasteiger partial charge is 0.255 e. The summed E-state index contributed by atoms with van der Waals surface area (Å²) in [6.45, 7) is 3.57. The maximum atomic E-state index is 11.8. The van der Waals surface area contributed by atoms with Crippen LogP contribution >= 0.6 is 0 Å². The van der Waals surface area contributed by atoms with Crippen LogP contribution in [0.1, 0.15) is 19.4 Å². The molecule has 0 saturated heterocycles. The van der Waals surface area contributed by atoms with Gasteiger partial charge in [-0.3, -0.25) is 14.4 Å². The van der Waals surface area contributed by atoms with Crippen molar-refractivity contribution in [3.05, 3.63) is 29.8 Å². The molecular weight excluding hydrogens is 312 g/mol. The predicted octanol–water partition coefficient (Wildman–Crippen LogP) is -0.734. The molecule has 0 unspecified atom stereocenters. The third-order valence-corrected chi connectivity index (χ3v) is 3.21. The van der Waals surface area contributed by atoms with Crippen molar-refractivity contribution in [1.29, 1.82) is 0 Å². The molecule has 132 valence electrons. The third-order valence-electron chi connectivity index (χ3n) is 3.21. The lowest BCUT2D eigenvalue weighted by atomic mass is 10.1. The van der Waals surface area contributed by atoms with Gasteiger partial charge in [0, 0.05) is 6.54 Å². The van der Waals surface area contributed by atoms with Crippen molar-refractivity contribution in [2.45, 2.75) is 26.4 Å². The molecule has 0 bridgehead atoms. The van der Waals surface area contributed by atoms with Crippen molar-refractivity contribution < 1.29 is 19.1 Å². The Morgan fingerprint density at radius 2 is 1.92 bits per heavy atom. The number of rotatable bonds is 9. The number of ether oxygens (including phenoxy) is 1. The molecule has 3 amide bonds. The maximum Gasteiger partial charge on any atom is 0.255 e. The van der Waals surface area contributed by atoms with Crippen LogP contribution in [-0.2, 0) is 20.9 Å². The zero-order valence-electron chi connectivity index (χ0n) is 13.9. The second kappa shape index (κ2) is 9.51. The molecule has 8 nitrogen and oxygen atoms in total. The highest BCUT2D eigenvalue weighted by molar-refractivity contribution is 5.87. The normalized spacial score (nSPS) is 11.7. The van der Waals surface area contributed by atoms with Gasteiger partial charge in [-0.2, -0.15) is 0 Å². The van der Waals surface area contributed by atoms with E-state index in [1.54, 1.807) is 24.3 Å². The highest BCUT2D eigenvalue weighted by Crippen LogP contribution is 2.12. The fourth-order valence-electron chi connectivity index (χ4n) is 1.75. The quantitative estimate of drug-likeness (QED) is 0.471. The average molecular weight is 336 g/mol. The standard InChI is InChI=1S/C16H24N4O4/c1-10(2)15(18)16(23)20-8-14(22)19-7-11-4-3-5-12(6-11)24-9-13(17)21/h3-6,10,15H,7-9,18H2,1-2H3,(H2,17,21)(H,19,22)(H,20,23)/t15-/m0/s1. The third kappa shape index (κ3) is 7.10. The van der Waals surface area contributed by atoms with Gasteiger partial charge < -0.3 is 26.8 Å². The molecule has 1 atom stereocenters. The molecule has 1 aromatic rings. The van der Waals surface area contributed by atoms with Crippen LogP contribution in [0.15, 0.2) is 24.3 Å². The fourth-order valence-corrected chi connectivity index (χ4v) is 1.75. The van der Waals surface area contributed by atoms with Crippen LogP contribution in [0.5, 0.6) is 5.75 Å². The number of primary amides is 1. The lowest BCUT2D eigenvalue weighted by molar-refractivity contribution is -0.127. The summed E-state index contributed by atoms with van der Waals surface area (Å²) in [7, 11) is 0. The monoisotopic (exact) mass is 336 g/mol. The second-order valence-corrected chi connectivity index (χ2v) is 5.67. The minimum Gasteiger partial charge on any atom is -0.484 e. The molecule has 0 aliphatic heterocycles. The van der Waals surface area contributed by atoms with E-state index in [9.17, 15) is 14.4 Å². The van der Waals surface area contributed by atoms with Crippen molar-refractivity contribution in [3.8, 4) is 5.75 Å². The first-order valence-corrected chi connectivity index (χ1v) is 7.59. The Morgan fingerprint density at radius 3 is 2.54 bits per heavy atom. The fraction of sp³-hybridized carbons (Fsp3) is 0.438. The van der Waals surface area contributed by atoms with Gasteiger partial charge in [-0.05, 0) is 23.6 Å². The molecule has 0 radical (unpaired) electrons. The molecule has 0 spiro atoms. The summed E-state index contributed by atoms with van der Waals surface area (Å²) in [4.78, 5) is 34.1. The summed E-state index contributed by atoms with van der Waals surface area (Å²) in [6, 6.07) is 6.27. The first-order chi connectivity index (χ1) is 11.3. The predicted molar refractivity (Wildman–Crippen MR) is 88.8 cm³/mol. The van der Waals surface area contributed by atoms with Gasteiger partial charge in [-0.1, -0.05) is 26.0 Å². The van der Waals surface area contributed by atoms with Gasteiger partial charge in [-0.15, -0.1) is 0 Å². The Kier molecular flexibility index (Phi) is 7.70. The molecule has 0 saturated carbocycles. The number of nitrogens with two attached hydrogens (primary N) is 2. The number of hydrogen-bond acceptors (Lipinski definition) is 5. The van der Waals surface area contributed by atoms with Gasteiger partial charge in [-0.25, -0.2) is 0 Å². The first-order valence-electron chi connectivity index (χ1n) is 7.59. The zero-order chi connectivity index (χ0) is 18.1. The van der Waals surface area contributed by atoms with E-state index in [1.807, 2.05) is 13.8 Å². The maximum absolute atomic E-state index is 11.8. The molecule has 0 heterocycles. The van der Waals surface area contributed by atoms with E-state index in [0.29, 0.717) is 5.75 Å². The Bertz CT molecular complexity index is 589. The van der Waals surface area contributed by atoms with Gasteiger partial charge in [0.1, 0.15) is 5.75 Å². The van der Waals surface area contributed by atoms with Crippen molar-refractivity contribution >= 4 is 17.7 Å². The highest BCUT2D eigenvalue weighted by atomic mass is 16.5. The molecule has 24 heavy (non-hydrogen) atoms. The van der Waals surface area contributed by atoms with Crippen molar-refractivity contribution in [2.75, 3.05) is 13.2 Å². The number of benzene rings is 1. The Balaban J connectivity index is 2.40. The number of nitrogens with one attached hydrogen (secondary N) is 2. The van der Waals surface area contributed by atoms with Gasteiger partial charge in [0.25, 0.3) is 5.91 Å². The summed E-state index contributed by atoms with van der Waals surface area (Å²) in [5, 5.41) is 5.16. The van der Waals surface area contributed by atoms with Crippen LogP contribution in [0.4, 0.5) is 0 Å². The molecule has 6 N–H and O–H groups in total. The molecule has 1 aromatic carbocycles. The average Bonchev–Trinajstić information content (AvgIpc) is 2.55. The van der Waals surface area contributed by atoms with Crippen LogP contribution in [0, 0.1) is 5.92 Å². The largest absolute Gasteiger partial charge is 0.484 e. The van der Waals surface area contributed by atoms with Gasteiger partial charge in [0.05, 0.1) is 12.6 Å².